The van der Waals surface area contributed by atoms with E-state index in [1.807, 2.05) is 32.5 Å². The monoisotopic (exact) mass is 191 g/mol. The topological polar surface area (TPSA) is 29.5 Å². The summed E-state index contributed by atoms with van der Waals surface area (Å²) < 4.78 is 19.6. The van der Waals surface area contributed by atoms with Crippen LogP contribution in [0.15, 0.2) is 0 Å². The summed E-state index contributed by atoms with van der Waals surface area (Å²) in [6.07, 6.45) is 0.983. The van der Waals surface area contributed by atoms with E-state index in [0.29, 0.717) is 6.61 Å². The van der Waals surface area contributed by atoms with Gasteiger partial charge in [-0.2, -0.15) is 0 Å². The first kappa shape index (κ1) is 10.2. The van der Waals surface area contributed by atoms with Gasteiger partial charge in [0.15, 0.2) is 0 Å². The molecule has 12 heavy (non-hydrogen) atoms. The minimum atomic E-state index is -2.55. The standard InChI is InChI=1S/C8H18NO2P/c1-8(2,3)12(10)9(4)6-5-7-11-12/h5-7H2,1-4H3. The molecule has 0 N–H and O–H groups in total. The average Bonchev–Trinajstić information content (AvgIpc) is 1.93. The van der Waals surface area contributed by atoms with Crippen LogP contribution >= 0.6 is 7.52 Å². The van der Waals surface area contributed by atoms with Crippen molar-refractivity contribution in [3.63, 3.8) is 0 Å². The van der Waals surface area contributed by atoms with E-state index in [1.54, 1.807) is 0 Å². The third-order valence-electron chi connectivity index (χ3n) is 2.19. The molecule has 0 spiro atoms. The summed E-state index contributed by atoms with van der Waals surface area (Å²) in [4.78, 5) is 0. The maximum Gasteiger partial charge on any atom is 0.277 e. The van der Waals surface area contributed by atoms with E-state index >= 15 is 0 Å². The van der Waals surface area contributed by atoms with Crippen LogP contribution in [0.2, 0.25) is 0 Å². The number of hydrogen-bond acceptors (Lipinski definition) is 2. The molecule has 0 aromatic heterocycles. The highest BCUT2D eigenvalue weighted by Gasteiger charge is 2.43. The van der Waals surface area contributed by atoms with E-state index in [2.05, 4.69) is 0 Å². The molecule has 72 valence electrons. The lowest BCUT2D eigenvalue weighted by Gasteiger charge is -2.40. The summed E-state index contributed by atoms with van der Waals surface area (Å²) in [5.74, 6) is 0. The molecule has 1 fully saturated rings. The van der Waals surface area contributed by atoms with Crippen LogP contribution in [0, 0.1) is 0 Å². The van der Waals surface area contributed by atoms with Gasteiger partial charge in [-0.3, -0.25) is 4.57 Å². The van der Waals surface area contributed by atoms with Gasteiger partial charge in [0.25, 0.3) is 7.52 Å². The highest BCUT2D eigenvalue weighted by atomic mass is 31.2. The van der Waals surface area contributed by atoms with Gasteiger partial charge in [0.05, 0.1) is 11.8 Å². The van der Waals surface area contributed by atoms with Gasteiger partial charge >= 0.3 is 0 Å². The fourth-order valence-corrected chi connectivity index (χ4v) is 3.81. The average molecular weight is 191 g/mol. The van der Waals surface area contributed by atoms with Crippen molar-refractivity contribution in [1.29, 1.82) is 0 Å². The zero-order valence-corrected chi connectivity index (χ0v) is 9.23. The highest BCUT2D eigenvalue weighted by Crippen LogP contribution is 2.62. The van der Waals surface area contributed by atoms with Crippen molar-refractivity contribution < 1.29 is 9.09 Å². The normalized spacial score (nSPS) is 33.7. The molecule has 1 rings (SSSR count). The van der Waals surface area contributed by atoms with Crippen LogP contribution in [0.1, 0.15) is 27.2 Å². The van der Waals surface area contributed by atoms with E-state index in [4.69, 9.17) is 4.52 Å². The quantitative estimate of drug-likeness (QED) is 0.550. The summed E-state index contributed by atoms with van der Waals surface area (Å²) in [5.41, 5.74) is 0. The predicted octanol–water partition coefficient (Wildman–Crippen LogP) is 2.33. The highest BCUT2D eigenvalue weighted by molar-refractivity contribution is 7.58. The van der Waals surface area contributed by atoms with Crippen LogP contribution in [0.4, 0.5) is 0 Å². The number of rotatable bonds is 0. The smallest absolute Gasteiger partial charge is 0.277 e. The molecule has 1 atom stereocenters. The van der Waals surface area contributed by atoms with Gasteiger partial charge in [-0.05, 0) is 34.2 Å². The first-order chi connectivity index (χ1) is 5.38. The molecule has 1 aliphatic rings. The molecule has 1 heterocycles. The zero-order valence-electron chi connectivity index (χ0n) is 8.33. The molecule has 1 aliphatic heterocycles. The van der Waals surface area contributed by atoms with Gasteiger partial charge in [0.1, 0.15) is 0 Å². The van der Waals surface area contributed by atoms with Crippen LogP contribution in [0.3, 0.4) is 0 Å². The van der Waals surface area contributed by atoms with Crippen LogP contribution in [-0.2, 0) is 9.09 Å². The third kappa shape index (κ3) is 1.59. The minimum absolute atomic E-state index is 0.262. The maximum atomic E-state index is 12.3. The van der Waals surface area contributed by atoms with Crippen LogP contribution < -0.4 is 0 Å². The number of hydrogen-bond donors (Lipinski definition) is 0. The summed E-state index contributed by atoms with van der Waals surface area (Å²) in [5, 5.41) is -0.262. The molecular weight excluding hydrogens is 173 g/mol. The van der Waals surface area contributed by atoms with Crippen molar-refractivity contribution in [1.82, 2.24) is 4.67 Å². The molecule has 0 aliphatic carbocycles. The fourth-order valence-electron chi connectivity index (χ4n) is 1.42. The van der Waals surface area contributed by atoms with Gasteiger partial charge < -0.3 is 4.52 Å². The van der Waals surface area contributed by atoms with Crippen LogP contribution in [0.5, 0.6) is 0 Å². The molecular formula is C8H18NO2P. The van der Waals surface area contributed by atoms with Gasteiger partial charge in [-0.15, -0.1) is 0 Å². The fraction of sp³-hybridized carbons (Fsp3) is 1.00. The second-order valence-corrected chi connectivity index (χ2v) is 7.58. The Balaban J connectivity index is 2.88. The van der Waals surface area contributed by atoms with Crippen LogP contribution in [-0.4, -0.2) is 30.0 Å². The Bertz CT molecular complexity index is 210. The second-order valence-electron chi connectivity index (χ2n) is 4.26. The molecule has 1 saturated heterocycles. The lowest BCUT2D eigenvalue weighted by molar-refractivity contribution is 0.208. The molecule has 1 unspecified atom stereocenters. The van der Waals surface area contributed by atoms with E-state index < -0.39 is 7.52 Å². The Morgan fingerprint density at radius 1 is 1.42 bits per heavy atom. The first-order valence-corrected chi connectivity index (χ1v) is 5.92. The SMILES string of the molecule is CN1CCCOP1(=O)C(C)(C)C. The second kappa shape index (κ2) is 3.13. The Morgan fingerprint density at radius 3 is 2.33 bits per heavy atom. The predicted molar refractivity (Wildman–Crippen MR) is 50.6 cm³/mol. The van der Waals surface area contributed by atoms with Crippen molar-refractivity contribution in [2.75, 3.05) is 20.2 Å². The van der Waals surface area contributed by atoms with Gasteiger partial charge in [0.2, 0.25) is 0 Å². The van der Waals surface area contributed by atoms with Crippen molar-refractivity contribution in [3.05, 3.63) is 0 Å². The van der Waals surface area contributed by atoms with E-state index in [-0.39, 0.29) is 5.16 Å². The molecule has 0 radical (unpaired) electrons. The van der Waals surface area contributed by atoms with E-state index in [9.17, 15) is 4.57 Å². The Labute approximate surface area is 74.6 Å². The van der Waals surface area contributed by atoms with Crippen molar-refractivity contribution in [2.45, 2.75) is 32.3 Å². The summed E-state index contributed by atoms with van der Waals surface area (Å²) in [6, 6.07) is 0. The zero-order chi connectivity index (χ0) is 9.41. The molecule has 0 bridgehead atoms. The summed E-state index contributed by atoms with van der Waals surface area (Å²) >= 11 is 0. The molecule has 3 nitrogen and oxygen atoms in total. The molecule has 0 amide bonds. The third-order valence-corrected chi connectivity index (χ3v) is 5.52. The van der Waals surface area contributed by atoms with Crippen molar-refractivity contribution in [3.8, 4) is 0 Å². The van der Waals surface area contributed by atoms with Crippen molar-refractivity contribution >= 4 is 7.52 Å². The molecule has 0 aromatic rings. The minimum Gasteiger partial charge on any atom is -0.317 e. The summed E-state index contributed by atoms with van der Waals surface area (Å²) in [7, 11) is -0.675. The van der Waals surface area contributed by atoms with Crippen molar-refractivity contribution in [2.24, 2.45) is 0 Å². The van der Waals surface area contributed by atoms with Gasteiger partial charge in [0, 0.05) is 6.54 Å². The van der Waals surface area contributed by atoms with E-state index in [0.717, 1.165) is 13.0 Å². The van der Waals surface area contributed by atoms with E-state index in [1.165, 1.54) is 0 Å². The van der Waals surface area contributed by atoms with Crippen LogP contribution in [0.25, 0.3) is 0 Å². The Morgan fingerprint density at radius 2 is 2.00 bits per heavy atom. The molecule has 4 heteroatoms. The van der Waals surface area contributed by atoms with Gasteiger partial charge in [-0.25, -0.2) is 4.67 Å². The molecule has 0 aromatic carbocycles. The van der Waals surface area contributed by atoms with Gasteiger partial charge in [-0.1, -0.05) is 0 Å². The largest absolute Gasteiger partial charge is 0.317 e. The lowest BCUT2D eigenvalue weighted by Crippen LogP contribution is -2.33. The Kier molecular flexibility index (Phi) is 2.67. The maximum absolute atomic E-state index is 12.3. The molecule has 0 saturated carbocycles. The Hall–Kier alpha value is 0.150. The number of nitrogens with zero attached hydrogens (tertiary/aromatic N) is 1. The first-order valence-electron chi connectivity index (χ1n) is 4.34. The lowest BCUT2D eigenvalue weighted by atomic mass is 10.3. The summed E-state index contributed by atoms with van der Waals surface area (Å²) in [6.45, 7) is 7.42.